The third-order valence-electron chi connectivity index (χ3n) is 4.57. The highest BCUT2D eigenvalue weighted by atomic mass is 16.5. The van der Waals surface area contributed by atoms with Gasteiger partial charge in [0.1, 0.15) is 0 Å². The molecule has 5 aromatic heterocycles. The third kappa shape index (κ3) is 3.03. The molecular formula is C21H16N6O. The molecule has 136 valence electrons. The van der Waals surface area contributed by atoms with Crippen LogP contribution in [0.2, 0.25) is 0 Å². The lowest BCUT2D eigenvalue weighted by Crippen LogP contribution is -1.98. The fourth-order valence-electron chi connectivity index (χ4n) is 3.17. The van der Waals surface area contributed by atoms with E-state index in [0.29, 0.717) is 11.7 Å². The maximum atomic E-state index is 5.08. The molecule has 5 aromatic rings. The number of nitrogens with zero attached hydrogens (tertiary/aromatic N) is 6. The zero-order valence-corrected chi connectivity index (χ0v) is 15.1. The highest BCUT2D eigenvalue weighted by Crippen LogP contribution is 2.25. The molecule has 5 rings (SSSR count). The Bertz CT molecular complexity index is 1260. The molecule has 0 atom stereocenters. The predicted octanol–water partition coefficient (Wildman–Crippen LogP) is 3.90. The molecule has 0 aliphatic carbocycles. The van der Waals surface area contributed by atoms with E-state index in [4.69, 9.17) is 4.52 Å². The van der Waals surface area contributed by atoms with E-state index in [2.05, 4.69) is 48.0 Å². The van der Waals surface area contributed by atoms with Crippen LogP contribution in [0.15, 0.2) is 71.9 Å². The summed E-state index contributed by atoms with van der Waals surface area (Å²) in [6, 6.07) is 12.0. The Morgan fingerprint density at radius 2 is 1.82 bits per heavy atom. The van der Waals surface area contributed by atoms with E-state index in [1.54, 1.807) is 13.1 Å². The molecule has 0 bridgehead atoms. The molecular weight excluding hydrogens is 352 g/mol. The maximum absolute atomic E-state index is 5.08. The molecule has 0 aliphatic heterocycles. The Kier molecular flexibility index (Phi) is 3.90. The van der Waals surface area contributed by atoms with Gasteiger partial charge in [-0.1, -0.05) is 5.16 Å². The Morgan fingerprint density at radius 1 is 0.964 bits per heavy atom. The fourth-order valence-corrected chi connectivity index (χ4v) is 3.17. The van der Waals surface area contributed by atoms with E-state index in [1.165, 1.54) is 5.56 Å². The number of pyridine rings is 3. The largest absolute Gasteiger partial charge is 0.343 e. The summed E-state index contributed by atoms with van der Waals surface area (Å²) < 4.78 is 7.28. The van der Waals surface area contributed by atoms with E-state index in [9.17, 15) is 0 Å². The number of aryl methyl sites for hydroxylation is 1. The SMILES string of the molecule is Cc1nc(-c2ccnc(-c3cc4c(ccn4Cc4ccncc4)cn3)c2)no1. The molecule has 0 aliphatic rings. The summed E-state index contributed by atoms with van der Waals surface area (Å²) in [6.45, 7) is 2.54. The second-order valence-corrected chi connectivity index (χ2v) is 6.49. The van der Waals surface area contributed by atoms with Gasteiger partial charge < -0.3 is 9.09 Å². The highest BCUT2D eigenvalue weighted by Gasteiger charge is 2.11. The van der Waals surface area contributed by atoms with Crippen LogP contribution in [0.3, 0.4) is 0 Å². The Labute approximate surface area is 160 Å². The number of aromatic nitrogens is 6. The molecule has 0 N–H and O–H groups in total. The molecule has 0 spiro atoms. The number of rotatable bonds is 4. The first-order chi connectivity index (χ1) is 13.8. The lowest BCUT2D eigenvalue weighted by Gasteiger charge is -2.07. The zero-order chi connectivity index (χ0) is 18.9. The van der Waals surface area contributed by atoms with Gasteiger partial charge in [0, 0.05) is 55.4 Å². The van der Waals surface area contributed by atoms with Gasteiger partial charge in [0.25, 0.3) is 0 Å². The number of hydrogen-bond acceptors (Lipinski definition) is 6. The lowest BCUT2D eigenvalue weighted by atomic mass is 10.1. The molecule has 0 amide bonds. The Balaban J connectivity index is 1.54. The first-order valence-electron chi connectivity index (χ1n) is 8.87. The third-order valence-corrected chi connectivity index (χ3v) is 4.57. The van der Waals surface area contributed by atoms with Crippen LogP contribution in [-0.2, 0) is 6.54 Å². The number of hydrogen-bond donors (Lipinski definition) is 0. The van der Waals surface area contributed by atoms with Gasteiger partial charge in [0.2, 0.25) is 11.7 Å². The van der Waals surface area contributed by atoms with E-state index in [-0.39, 0.29) is 0 Å². The van der Waals surface area contributed by atoms with Crippen molar-refractivity contribution in [3.8, 4) is 22.8 Å². The minimum atomic E-state index is 0.529. The Hall–Kier alpha value is -3.87. The van der Waals surface area contributed by atoms with Crippen LogP contribution < -0.4 is 0 Å². The van der Waals surface area contributed by atoms with Gasteiger partial charge in [-0.2, -0.15) is 4.98 Å². The molecule has 7 nitrogen and oxygen atoms in total. The molecule has 0 aromatic carbocycles. The van der Waals surface area contributed by atoms with E-state index in [1.807, 2.05) is 42.9 Å². The average molecular weight is 368 g/mol. The summed E-state index contributed by atoms with van der Waals surface area (Å²) in [5, 5.41) is 5.07. The average Bonchev–Trinajstić information content (AvgIpc) is 3.35. The van der Waals surface area contributed by atoms with Crippen molar-refractivity contribution >= 4 is 10.9 Å². The maximum Gasteiger partial charge on any atom is 0.223 e. The van der Waals surface area contributed by atoms with Crippen molar-refractivity contribution in [2.75, 3.05) is 0 Å². The molecule has 0 fully saturated rings. The van der Waals surface area contributed by atoms with Crippen molar-refractivity contribution in [1.82, 2.24) is 29.7 Å². The van der Waals surface area contributed by atoms with Crippen molar-refractivity contribution in [1.29, 1.82) is 0 Å². The fraction of sp³-hybridized carbons (Fsp3) is 0.0952. The topological polar surface area (TPSA) is 82.5 Å². The monoisotopic (exact) mass is 368 g/mol. The van der Waals surface area contributed by atoms with Gasteiger partial charge in [-0.25, -0.2) is 0 Å². The van der Waals surface area contributed by atoms with Gasteiger partial charge >= 0.3 is 0 Å². The van der Waals surface area contributed by atoms with Crippen LogP contribution in [0.1, 0.15) is 11.5 Å². The van der Waals surface area contributed by atoms with Crippen molar-refractivity contribution < 1.29 is 4.52 Å². The van der Waals surface area contributed by atoms with Crippen LogP contribution in [0.5, 0.6) is 0 Å². The summed E-state index contributed by atoms with van der Waals surface area (Å²) >= 11 is 0. The molecule has 7 heteroatoms. The summed E-state index contributed by atoms with van der Waals surface area (Å²) in [5.41, 5.74) is 4.70. The van der Waals surface area contributed by atoms with Gasteiger partial charge in [-0.3, -0.25) is 15.0 Å². The minimum Gasteiger partial charge on any atom is -0.343 e. The molecule has 0 saturated heterocycles. The second kappa shape index (κ2) is 6.70. The van der Waals surface area contributed by atoms with Gasteiger partial charge in [-0.05, 0) is 42.0 Å². The van der Waals surface area contributed by atoms with Crippen molar-refractivity contribution in [2.24, 2.45) is 0 Å². The van der Waals surface area contributed by atoms with Gasteiger partial charge in [0.15, 0.2) is 0 Å². The first-order valence-corrected chi connectivity index (χ1v) is 8.87. The van der Waals surface area contributed by atoms with Crippen molar-refractivity contribution in [3.05, 3.63) is 78.8 Å². The Morgan fingerprint density at radius 3 is 2.64 bits per heavy atom. The first kappa shape index (κ1) is 16.3. The predicted molar refractivity (Wildman–Crippen MR) is 104 cm³/mol. The standard InChI is InChI=1S/C21H16N6O/c1-14-25-21(26-28-14)16-4-8-23-18(10-16)19-11-20-17(12-24-19)5-9-27(20)13-15-2-6-22-7-3-15/h2-12H,13H2,1H3. The lowest BCUT2D eigenvalue weighted by molar-refractivity contribution is 0.394. The van der Waals surface area contributed by atoms with E-state index >= 15 is 0 Å². The van der Waals surface area contributed by atoms with Crippen LogP contribution in [0.4, 0.5) is 0 Å². The summed E-state index contributed by atoms with van der Waals surface area (Å²) in [6.07, 6.45) is 9.30. The highest BCUT2D eigenvalue weighted by molar-refractivity contribution is 5.83. The van der Waals surface area contributed by atoms with Crippen LogP contribution in [-0.4, -0.2) is 29.7 Å². The normalized spacial score (nSPS) is 11.2. The number of fused-ring (bicyclic) bond motifs is 1. The van der Waals surface area contributed by atoms with Crippen LogP contribution in [0, 0.1) is 6.92 Å². The molecule has 28 heavy (non-hydrogen) atoms. The molecule has 0 radical (unpaired) electrons. The van der Waals surface area contributed by atoms with Gasteiger partial charge in [-0.15, -0.1) is 0 Å². The quantitative estimate of drug-likeness (QED) is 0.478. The minimum absolute atomic E-state index is 0.529. The summed E-state index contributed by atoms with van der Waals surface area (Å²) in [5.74, 6) is 1.07. The second-order valence-electron chi connectivity index (χ2n) is 6.49. The zero-order valence-electron chi connectivity index (χ0n) is 15.1. The van der Waals surface area contributed by atoms with Crippen LogP contribution >= 0.6 is 0 Å². The van der Waals surface area contributed by atoms with Gasteiger partial charge in [0.05, 0.1) is 16.9 Å². The molecule has 5 heterocycles. The van der Waals surface area contributed by atoms with Crippen molar-refractivity contribution in [2.45, 2.75) is 13.5 Å². The summed E-state index contributed by atoms with van der Waals surface area (Å²) in [4.78, 5) is 17.4. The van der Waals surface area contributed by atoms with Crippen LogP contribution in [0.25, 0.3) is 33.7 Å². The van der Waals surface area contributed by atoms with E-state index in [0.717, 1.165) is 34.4 Å². The smallest absolute Gasteiger partial charge is 0.223 e. The van der Waals surface area contributed by atoms with Crippen molar-refractivity contribution in [3.63, 3.8) is 0 Å². The molecule has 0 saturated carbocycles. The molecule has 0 unspecified atom stereocenters. The summed E-state index contributed by atoms with van der Waals surface area (Å²) in [7, 11) is 0. The van der Waals surface area contributed by atoms with E-state index < -0.39 is 0 Å².